The molecule has 5 heterocycles. The van der Waals surface area contributed by atoms with E-state index >= 15 is 0 Å². The maximum absolute atomic E-state index is 5.33. The van der Waals surface area contributed by atoms with Gasteiger partial charge in [-0.1, -0.05) is 38.8 Å². The molecule has 42 heavy (non-hydrogen) atoms. The molecule has 4 N–H and O–H groups in total. The van der Waals surface area contributed by atoms with Crippen LogP contribution in [0.25, 0.3) is 0 Å². The number of pyridine rings is 1. The van der Waals surface area contributed by atoms with Crippen molar-refractivity contribution in [3.8, 4) is 0 Å². The lowest BCUT2D eigenvalue weighted by atomic mass is 9.78. The number of nitrogens with one attached hydrogen (secondary N) is 4. The number of fused-ring (bicyclic) bond motifs is 6. The number of nitrogens with zero attached hydrogens (tertiary/aromatic N) is 3. The van der Waals surface area contributed by atoms with Crippen LogP contribution in [0.15, 0.2) is 18.2 Å². The molecule has 1 aromatic rings. The molecule has 1 aromatic heterocycles. The summed E-state index contributed by atoms with van der Waals surface area (Å²) in [6, 6.07) is 7.31. The third-order valence-corrected chi connectivity index (χ3v) is 11.4. The van der Waals surface area contributed by atoms with Crippen LogP contribution in [0.5, 0.6) is 0 Å². The van der Waals surface area contributed by atoms with Crippen molar-refractivity contribution >= 4 is 17.8 Å². The molecule has 0 amide bonds. The number of rotatable bonds is 5. The summed E-state index contributed by atoms with van der Waals surface area (Å²) in [7, 11) is 3.87. The molecule has 9 heteroatoms. The van der Waals surface area contributed by atoms with Crippen molar-refractivity contribution in [1.82, 2.24) is 30.6 Å². The second-order valence-electron chi connectivity index (χ2n) is 15.1. The zero-order valence-electron chi connectivity index (χ0n) is 27.4. The Labute approximate surface area is 260 Å². The number of hydrogen-bond donors (Lipinski definition) is 4. The van der Waals surface area contributed by atoms with Crippen LogP contribution in [0, 0.1) is 17.3 Å². The van der Waals surface area contributed by atoms with Gasteiger partial charge in [-0.3, -0.25) is 25.6 Å². The van der Waals surface area contributed by atoms with Crippen LogP contribution in [-0.4, -0.2) is 79.6 Å². The number of hydrogen-bond acceptors (Lipinski definition) is 9. The van der Waals surface area contributed by atoms with Crippen molar-refractivity contribution in [2.24, 2.45) is 17.3 Å². The lowest BCUT2D eigenvalue weighted by molar-refractivity contribution is 0.00552. The van der Waals surface area contributed by atoms with Crippen LogP contribution in [0.2, 0.25) is 0 Å². The molecular weight excluding hydrogens is 542 g/mol. The van der Waals surface area contributed by atoms with Crippen LogP contribution in [0.4, 0.5) is 5.82 Å². The van der Waals surface area contributed by atoms with Crippen LogP contribution >= 0.6 is 11.9 Å². The highest BCUT2D eigenvalue weighted by molar-refractivity contribution is 7.98. The van der Waals surface area contributed by atoms with Gasteiger partial charge < -0.3 is 9.64 Å². The van der Waals surface area contributed by atoms with Gasteiger partial charge in [0.15, 0.2) is 0 Å². The standard InChI is InChI=1S/C33H59N7OS/c1-32(2,3)27-17-15-24-21-34-42-30-13-9-11-28(38-30)35-26(25-10-8-12-29(36-25)39(6)18-19-41-7)16-14-23-20-33(4,5)40(22-23)31(24)37-27/h8,10,12,23-24,26-28,30-31,34-35,37-38H,9,11,13-22H2,1-7H3/t23-,24?,26+,27?,28?,30?,31?/m0/s1. The highest BCUT2D eigenvalue weighted by Crippen LogP contribution is 2.42. The maximum Gasteiger partial charge on any atom is 0.128 e. The van der Waals surface area contributed by atoms with Crippen molar-refractivity contribution in [2.45, 2.75) is 121 Å². The minimum absolute atomic E-state index is 0.188. The third kappa shape index (κ3) is 8.01. The topological polar surface area (TPSA) is 76.7 Å². The summed E-state index contributed by atoms with van der Waals surface area (Å²) < 4.78 is 9.19. The van der Waals surface area contributed by atoms with Gasteiger partial charge >= 0.3 is 0 Å². The van der Waals surface area contributed by atoms with E-state index in [2.05, 4.69) is 90.3 Å². The molecule has 4 aliphatic heterocycles. The molecule has 0 saturated carbocycles. The van der Waals surface area contributed by atoms with Gasteiger partial charge in [-0.15, -0.1) is 0 Å². The molecule has 0 aromatic carbocycles. The molecule has 0 radical (unpaired) electrons. The fourth-order valence-corrected chi connectivity index (χ4v) is 8.86. The van der Waals surface area contributed by atoms with E-state index in [0.29, 0.717) is 42.2 Å². The van der Waals surface area contributed by atoms with Gasteiger partial charge in [0.05, 0.1) is 36.0 Å². The third-order valence-electron chi connectivity index (χ3n) is 10.4. The average Bonchev–Trinajstić information content (AvgIpc) is 3.26. The van der Waals surface area contributed by atoms with Gasteiger partial charge in [0, 0.05) is 51.3 Å². The first kappa shape index (κ1) is 32.5. The molecule has 5 rings (SSSR count). The Morgan fingerprint density at radius 3 is 2.69 bits per heavy atom. The summed E-state index contributed by atoms with van der Waals surface area (Å²) >= 11 is 1.92. The summed E-state index contributed by atoms with van der Waals surface area (Å²) in [5.74, 6) is 2.33. The predicted molar refractivity (Wildman–Crippen MR) is 176 cm³/mol. The highest BCUT2D eigenvalue weighted by Gasteiger charge is 2.47. The molecule has 238 valence electrons. The molecule has 8 nitrogen and oxygen atoms in total. The van der Waals surface area contributed by atoms with E-state index in [1.165, 1.54) is 45.1 Å². The minimum atomic E-state index is 0.188. The van der Waals surface area contributed by atoms with Gasteiger partial charge in [0.1, 0.15) is 5.82 Å². The number of ether oxygens (including phenoxy) is 1. The number of anilines is 1. The molecule has 6 unspecified atom stereocenters. The first-order valence-corrected chi connectivity index (χ1v) is 17.5. The molecule has 0 spiro atoms. The Morgan fingerprint density at radius 2 is 1.90 bits per heavy atom. The lowest BCUT2D eigenvalue weighted by Crippen LogP contribution is -2.63. The largest absolute Gasteiger partial charge is 0.383 e. The number of methoxy groups -OCH3 is 1. The van der Waals surface area contributed by atoms with Crippen LogP contribution in [0.1, 0.15) is 97.7 Å². The number of likely N-dealkylation sites (N-methyl/N-ethyl adjacent to an activating group) is 1. The van der Waals surface area contributed by atoms with E-state index in [1.807, 2.05) is 11.9 Å². The predicted octanol–water partition coefficient (Wildman–Crippen LogP) is 5.09. The first-order chi connectivity index (χ1) is 20.0. The van der Waals surface area contributed by atoms with Gasteiger partial charge in [-0.2, -0.15) is 0 Å². The Balaban J connectivity index is 1.38. The SMILES string of the molecule is COCCN(C)c1cccc([C@H]2CC[C@@H]3CN(C4NC(C(C)(C)C)CCC4CNSC4CCCC(N4)N2)C(C)(C)C3)n1. The quantitative estimate of drug-likeness (QED) is 0.345. The number of aromatic nitrogens is 1. The molecule has 4 fully saturated rings. The molecule has 0 aliphatic carbocycles. The fourth-order valence-electron chi connectivity index (χ4n) is 7.83. The molecular formula is C33H59N7OS. The van der Waals surface area contributed by atoms with Gasteiger partial charge in [-0.25, -0.2) is 4.98 Å². The zero-order valence-corrected chi connectivity index (χ0v) is 28.2. The summed E-state index contributed by atoms with van der Waals surface area (Å²) in [4.78, 5) is 10.2. The van der Waals surface area contributed by atoms with Gasteiger partial charge in [0.2, 0.25) is 0 Å². The second-order valence-corrected chi connectivity index (χ2v) is 16.2. The molecule has 8 atom stereocenters. The van der Waals surface area contributed by atoms with Crippen molar-refractivity contribution in [3.05, 3.63) is 23.9 Å². The van der Waals surface area contributed by atoms with Crippen LogP contribution in [0.3, 0.4) is 0 Å². The zero-order chi connectivity index (χ0) is 29.9. The minimum Gasteiger partial charge on any atom is -0.383 e. The Kier molecular flexibility index (Phi) is 10.8. The summed E-state index contributed by atoms with van der Waals surface area (Å²) in [6.07, 6.45) is 10.5. The summed E-state index contributed by atoms with van der Waals surface area (Å²) in [5.41, 5.74) is 1.62. The van der Waals surface area contributed by atoms with Crippen molar-refractivity contribution in [2.75, 3.05) is 45.3 Å². The van der Waals surface area contributed by atoms with E-state index in [0.717, 1.165) is 37.4 Å². The van der Waals surface area contributed by atoms with E-state index in [9.17, 15) is 0 Å². The maximum atomic E-state index is 5.33. The van der Waals surface area contributed by atoms with E-state index in [-0.39, 0.29) is 17.0 Å². The molecule has 4 saturated heterocycles. The van der Waals surface area contributed by atoms with Gasteiger partial charge in [0.25, 0.3) is 0 Å². The van der Waals surface area contributed by atoms with E-state index in [1.54, 1.807) is 7.11 Å². The normalized spacial score (nSPS) is 36.0. The molecule has 4 bridgehead atoms. The smallest absolute Gasteiger partial charge is 0.128 e. The summed E-state index contributed by atoms with van der Waals surface area (Å²) in [6.45, 7) is 16.0. The lowest BCUT2D eigenvalue weighted by Gasteiger charge is -2.50. The Hall–Kier alpha value is -0.940. The Morgan fingerprint density at radius 1 is 1.07 bits per heavy atom. The monoisotopic (exact) mass is 601 g/mol. The van der Waals surface area contributed by atoms with E-state index < -0.39 is 0 Å². The fraction of sp³-hybridized carbons (Fsp3) is 0.848. The van der Waals surface area contributed by atoms with Crippen molar-refractivity contribution in [3.63, 3.8) is 0 Å². The summed E-state index contributed by atoms with van der Waals surface area (Å²) in [5, 5.41) is 12.6. The number of piperidine rings is 2. The van der Waals surface area contributed by atoms with Crippen LogP contribution in [-0.2, 0) is 4.74 Å². The first-order valence-electron chi connectivity index (χ1n) is 16.6. The molecule has 4 aliphatic rings. The second kappa shape index (κ2) is 14.0. The highest BCUT2D eigenvalue weighted by atomic mass is 32.2. The van der Waals surface area contributed by atoms with Crippen LogP contribution < -0.4 is 25.6 Å². The van der Waals surface area contributed by atoms with E-state index in [4.69, 9.17) is 9.72 Å². The average molecular weight is 602 g/mol. The Bertz CT molecular complexity index is 1000. The van der Waals surface area contributed by atoms with Crippen molar-refractivity contribution in [1.29, 1.82) is 0 Å². The van der Waals surface area contributed by atoms with Crippen molar-refractivity contribution < 1.29 is 4.74 Å². The van der Waals surface area contributed by atoms with Gasteiger partial charge in [-0.05, 0) is 88.7 Å².